The molecule has 0 aromatic carbocycles. The Balaban J connectivity index is 1.94. The number of nitrogens with one attached hydrogen (secondary N) is 2. The zero-order chi connectivity index (χ0) is 11.5. The van der Waals surface area contributed by atoms with Crippen LogP contribution in [0.25, 0.3) is 0 Å². The van der Waals surface area contributed by atoms with Gasteiger partial charge in [-0.2, -0.15) is 0 Å². The van der Waals surface area contributed by atoms with E-state index in [1.54, 1.807) is 0 Å². The number of rotatable bonds is 2. The van der Waals surface area contributed by atoms with Gasteiger partial charge in [0.15, 0.2) is 10.3 Å². The molecule has 16 heavy (non-hydrogen) atoms. The molecule has 0 spiro atoms. The van der Waals surface area contributed by atoms with Gasteiger partial charge in [0.25, 0.3) is 0 Å². The number of hydrogen-bond donors (Lipinski definition) is 2. The third-order valence-corrected chi connectivity index (χ3v) is 3.43. The van der Waals surface area contributed by atoms with E-state index >= 15 is 0 Å². The maximum atomic E-state index is 11.5. The van der Waals surface area contributed by atoms with E-state index in [4.69, 9.17) is 0 Å². The van der Waals surface area contributed by atoms with E-state index in [1.807, 2.05) is 24.6 Å². The monoisotopic (exact) mass is 254 g/mol. The summed E-state index contributed by atoms with van der Waals surface area (Å²) in [6, 6.07) is -0.316. The van der Waals surface area contributed by atoms with Gasteiger partial charge in [-0.05, 0) is 13.8 Å². The van der Waals surface area contributed by atoms with Gasteiger partial charge in [-0.1, -0.05) is 0 Å². The normalized spacial score (nSPS) is 10.1. The molecule has 0 aliphatic rings. The smallest absolute Gasteiger partial charge is 0.283 e. The average molecular weight is 254 g/mol. The lowest BCUT2D eigenvalue weighted by Gasteiger charge is -2.00. The number of anilines is 2. The number of urea groups is 1. The number of nitrogens with zero attached hydrogens (tertiary/aromatic N) is 2. The summed E-state index contributed by atoms with van der Waals surface area (Å²) in [6.07, 6.45) is 0. The molecule has 7 heteroatoms. The lowest BCUT2D eigenvalue weighted by atomic mass is 10.6. The molecule has 0 radical (unpaired) electrons. The Hall–Kier alpha value is -1.47. The van der Waals surface area contributed by atoms with Gasteiger partial charge in [-0.3, -0.25) is 10.6 Å². The van der Waals surface area contributed by atoms with Crippen LogP contribution >= 0.6 is 22.7 Å². The molecule has 0 saturated heterocycles. The molecule has 2 heterocycles. The molecule has 0 unspecified atom stereocenters. The highest BCUT2D eigenvalue weighted by Gasteiger charge is 2.07. The molecule has 0 fully saturated rings. The van der Waals surface area contributed by atoms with Gasteiger partial charge in [-0.25, -0.2) is 14.8 Å². The summed E-state index contributed by atoms with van der Waals surface area (Å²) in [5, 5.41) is 10.2. The number of thiazole rings is 2. The third kappa shape index (κ3) is 2.77. The molecule has 0 atom stereocenters. The first-order valence-electron chi connectivity index (χ1n) is 4.56. The molecule has 0 aliphatic carbocycles. The van der Waals surface area contributed by atoms with Crippen LogP contribution < -0.4 is 10.6 Å². The SMILES string of the molecule is Cc1csc(NC(=O)Nc2nc(C)cs2)n1. The van der Waals surface area contributed by atoms with E-state index in [9.17, 15) is 4.79 Å². The molecule has 0 saturated carbocycles. The van der Waals surface area contributed by atoms with Gasteiger partial charge in [0.2, 0.25) is 0 Å². The molecule has 5 nitrogen and oxygen atoms in total. The number of hydrogen-bond acceptors (Lipinski definition) is 5. The summed E-state index contributed by atoms with van der Waals surface area (Å²) in [6.45, 7) is 3.76. The van der Waals surface area contributed by atoms with Crippen molar-refractivity contribution >= 4 is 39.0 Å². The maximum absolute atomic E-state index is 11.5. The van der Waals surface area contributed by atoms with Crippen molar-refractivity contribution in [3.63, 3.8) is 0 Å². The van der Waals surface area contributed by atoms with Gasteiger partial charge < -0.3 is 0 Å². The first-order chi connectivity index (χ1) is 7.63. The molecule has 2 rings (SSSR count). The molecule has 2 aromatic heterocycles. The van der Waals surface area contributed by atoms with E-state index in [0.29, 0.717) is 10.3 Å². The summed E-state index contributed by atoms with van der Waals surface area (Å²) in [5.74, 6) is 0. The van der Waals surface area contributed by atoms with Crippen LogP contribution in [0.5, 0.6) is 0 Å². The Morgan fingerprint density at radius 2 is 1.50 bits per heavy atom. The van der Waals surface area contributed by atoms with Crippen molar-refractivity contribution in [2.75, 3.05) is 10.6 Å². The summed E-state index contributed by atoms with van der Waals surface area (Å²) in [5.41, 5.74) is 1.79. The van der Waals surface area contributed by atoms with Crippen molar-refractivity contribution < 1.29 is 4.79 Å². The highest BCUT2D eigenvalue weighted by molar-refractivity contribution is 7.14. The Bertz CT molecular complexity index is 461. The van der Waals surface area contributed by atoms with Crippen LogP contribution in [-0.2, 0) is 0 Å². The molecular weight excluding hydrogens is 244 g/mol. The van der Waals surface area contributed by atoms with Crippen molar-refractivity contribution in [3.8, 4) is 0 Å². The zero-order valence-electron chi connectivity index (χ0n) is 8.77. The lowest BCUT2D eigenvalue weighted by molar-refractivity contribution is 0.262. The number of aromatic nitrogens is 2. The minimum atomic E-state index is -0.316. The van der Waals surface area contributed by atoms with E-state index in [2.05, 4.69) is 20.6 Å². The first-order valence-corrected chi connectivity index (χ1v) is 6.31. The van der Waals surface area contributed by atoms with Crippen LogP contribution in [0.15, 0.2) is 10.8 Å². The molecule has 2 N–H and O–H groups in total. The van der Waals surface area contributed by atoms with Crippen molar-refractivity contribution in [3.05, 3.63) is 22.1 Å². The molecule has 84 valence electrons. The van der Waals surface area contributed by atoms with E-state index in [-0.39, 0.29) is 6.03 Å². The third-order valence-electron chi connectivity index (χ3n) is 1.68. The summed E-state index contributed by atoms with van der Waals surface area (Å²) >= 11 is 2.79. The quantitative estimate of drug-likeness (QED) is 0.866. The highest BCUT2D eigenvalue weighted by Crippen LogP contribution is 2.17. The number of carbonyl (C=O) groups excluding carboxylic acids is 1. The fraction of sp³-hybridized carbons (Fsp3) is 0.222. The van der Waals surface area contributed by atoms with Gasteiger partial charge in [0, 0.05) is 10.8 Å². The maximum Gasteiger partial charge on any atom is 0.327 e. The Labute approximate surface area is 101 Å². The van der Waals surface area contributed by atoms with Crippen LogP contribution in [0.4, 0.5) is 15.1 Å². The van der Waals surface area contributed by atoms with Crippen molar-refractivity contribution in [2.45, 2.75) is 13.8 Å². The van der Waals surface area contributed by atoms with Crippen molar-refractivity contribution in [1.29, 1.82) is 0 Å². The summed E-state index contributed by atoms with van der Waals surface area (Å²) < 4.78 is 0. The molecule has 2 aromatic rings. The van der Waals surface area contributed by atoms with Gasteiger partial charge >= 0.3 is 6.03 Å². The largest absolute Gasteiger partial charge is 0.327 e. The van der Waals surface area contributed by atoms with Crippen LogP contribution in [0.1, 0.15) is 11.4 Å². The molecular formula is C9H10N4OS2. The zero-order valence-corrected chi connectivity index (χ0v) is 10.4. The Kier molecular flexibility index (Phi) is 3.16. The molecule has 0 aliphatic heterocycles. The fourth-order valence-electron chi connectivity index (χ4n) is 1.05. The van der Waals surface area contributed by atoms with E-state index in [1.165, 1.54) is 22.7 Å². The topological polar surface area (TPSA) is 66.9 Å². The molecule has 0 bridgehead atoms. The van der Waals surface area contributed by atoms with Crippen LogP contribution in [0, 0.1) is 13.8 Å². The lowest BCUT2D eigenvalue weighted by Crippen LogP contribution is -2.19. The second-order valence-corrected chi connectivity index (χ2v) is 4.88. The van der Waals surface area contributed by atoms with Gasteiger partial charge in [0.1, 0.15) is 0 Å². The second kappa shape index (κ2) is 4.58. The number of carbonyl (C=O) groups is 1. The minimum absolute atomic E-state index is 0.316. The van der Waals surface area contributed by atoms with Crippen LogP contribution in [-0.4, -0.2) is 16.0 Å². The van der Waals surface area contributed by atoms with E-state index < -0.39 is 0 Å². The first kappa shape index (κ1) is 11.0. The number of aryl methyl sites for hydroxylation is 2. The second-order valence-electron chi connectivity index (χ2n) is 3.17. The van der Waals surface area contributed by atoms with Crippen molar-refractivity contribution in [1.82, 2.24) is 9.97 Å². The van der Waals surface area contributed by atoms with Crippen LogP contribution in [0.3, 0.4) is 0 Å². The average Bonchev–Trinajstić information content (AvgIpc) is 2.76. The Morgan fingerprint density at radius 3 is 1.81 bits per heavy atom. The molecule has 2 amide bonds. The van der Waals surface area contributed by atoms with E-state index in [0.717, 1.165) is 11.4 Å². The highest BCUT2D eigenvalue weighted by atomic mass is 32.1. The summed E-state index contributed by atoms with van der Waals surface area (Å²) in [4.78, 5) is 19.8. The standard InChI is InChI=1S/C9H10N4OS2/c1-5-3-15-8(10-5)12-7(14)13-9-11-6(2)4-16-9/h3-4H,1-2H3,(H2,10,11,12,13,14). The van der Waals surface area contributed by atoms with Crippen LogP contribution in [0.2, 0.25) is 0 Å². The Morgan fingerprint density at radius 1 is 1.06 bits per heavy atom. The van der Waals surface area contributed by atoms with Gasteiger partial charge in [-0.15, -0.1) is 22.7 Å². The predicted octanol–water partition coefficient (Wildman–Crippen LogP) is 2.86. The number of amides is 2. The van der Waals surface area contributed by atoms with Gasteiger partial charge in [0.05, 0.1) is 11.4 Å². The summed E-state index contributed by atoms with van der Waals surface area (Å²) in [7, 11) is 0. The fourth-order valence-corrected chi connectivity index (χ4v) is 2.41. The minimum Gasteiger partial charge on any atom is -0.283 e. The van der Waals surface area contributed by atoms with Crippen molar-refractivity contribution in [2.24, 2.45) is 0 Å². The predicted molar refractivity (Wildman–Crippen MR) is 66.3 cm³/mol.